The van der Waals surface area contributed by atoms with Crippen LogP contribution in [-0.4, -0.2) is 53.7 Å². The summed E-state index contributed by atoms with van der Waals surface area (Å²) in [4.78, 5) is 21.9. The second-order valence-electron chi connectivity index (χ2n) is 8.57. The van der Waals surface area contributed by atoms with Gasteiger partial charge in [-0.25, -0.2) is 4.98 Å². The third kappa shape index (κ3) is 4.36. The zero-order valence-corrected chi connectivity index (χ0v) is 19.2. The Morgan fingerprint density at radius 3 is 2.53 bits per heavy atom. The van der Waals surface area contributed by atoms with Crippen molar-refractivity contribution in [2.75, 3.05) is 33.0 Å². The summed E-state index contributed by atoms with van der Waals surface area (Å²) >= 11 is 1.53. The summed E-state index contributed by atoms with van der Waals surface area (Å²) in [6, 6.07) is 14.6. The number of thiazole rings is 1. The molecule has 7 heteroatoms. The second kappa shape index (κ2) is 8.92. The van der Waals surface area contributed by atoms with Gasteiger partial charge in [-0.05, 0) is 29.2 Å². The van der Waals surface area contributed by atoms with Crippen molar-refractivity contribution in [1.82, 2.24) is 14.8 Å². The van der Waals surface area contributed by atoms with Gasteiger partial charge in [0.25, 0.3) is 5.91 Å². The molecule has 0 spiro atoms. The molecule has 6 nitrogen and oxygen atoms in total. The lowest BCUT2D eigenvalue weighted by molar-refractivity contribution is 0.0623. The molecule has 32 heavy (non-hydrogen) atoms. The maximum atomic E-state index is 13.0. The minimum absolute atomic E-state index is 0.0223. The number of fused-ring (bicyclic) bond motifs is 1. The molecule has 3 heterocycles. The van der Waals surface area contributed by atoms with Crippen LogP contribution in [0.15, 0.2) is 47.8 Å². The molecule has 0 unspecified atom stereocenters. The fraction of sp³-hybridized carbons (Fsp3) is 0.360. The fourth-order valence-corrected chi connectivity index (χ4v) is 4.88. The molecule has 1 fully saturated rings. The quantitative estimate of drug-likeness (QED) is 0.569. The highest BCUT2D eigenvalue weighted by Gasteiger charge is 2.24. The van der Waals surface area contributed by atoms with Crippen LogP contribution < -0.4 is 9.47 Å². The van der Waals surface area contributed by atoms with Crippen LogP contribution in [-0.2, 0) is 6.54 Å². The summed E-state index contributed by atoms with van der Waals surface area (Å²) in [6.07, 6.45) is 0. The topological polar surface area (TPSA) is 54.9 Å². The maximum absolute atomic E-state index is 13.0. The highest BCUT2D eigenvalue weighted by atomic mass is 32.1. The predicted molar refractivity (Wildman–Crippen MR) is 125 cm³/mol. The molecular weight excluding hydrogens is 422 g/mol. The van der Waals surface area contributed by atoms with Crippen LogP contribution in [0.4, 0.5) is 0 Å². The molecule has 5 rings (SSSR count). The smallest absolute Gasteiger partial charge is 0.273 e. The summed E-state index contributed by atoms with van der Waals surface area (Å²) in [5.41, 5.74) is 4.11. The normalized spacial score (nSPS) is 16.0. The first-order chi connectivity index (χ1) is 15.6. The van der Waals surface area contributed by atoms with Crippen LogP contribution in [0.5, 0.6) is 11.5 Å². The van der Waals surface area contributed by atoms with Gasteiger partial charge in [0.1, 0.15) is 10.7 Å². The fourth-order valence-electron chi connectivity index (χ4n) is 4.08. The Morgan fingerprint density at radius 1 is 1.03 bits per heavy atom. The van der Waals surface area contributed by atoms with Crippen molar-refractivity contribution in [3.05, 3.63) is 64.7 Å². The van der Waals surface area contributed by atoms with Gasteiger partial charge < -0.3 is 14.4 Å². The van der Waals surface area contributed by atoms with E-state index in [1.807, 2.05) is 22.4 Å². The van der Waals surface area contributed by atoms with E-state index in [0.717, 1.165) is 41.7 Å². The highest BCUT2D eigenvalue weighted by molar-refractivity contribution is 7.13. The molecule has 0 radical (unpaired) electrons. The summed E-state index contributed by atoms with van der Waals surface area (Å²) in [5, 5.41) is 2.78. The Kier molecular flexibility index (Phi) is 5.85. The van der Waals surface area contributed by atoms with E-state index < -0.39 is 0 Å². The molecule has 3 aromatic rings. The molecule has 2 aromatic carbocycles. The van der Waals surface area contributed by atoms with Gasteiger partial charge >= 0.3 is 0 Å². The zero-order chi connectivity index (χ0) is 22.1. The maximum Gasteiger partial charge on any atom is 0.273 e. The molecular formula is C25H27N3O3S. The van der Waals surface area contributed by atoms with Crippen LogP contribution in [0.3, 0.4) is 0 Å². The number of aromatic nitrogens is 1. The first-order valence-electron chi connectivity index (χ1n) is 11.0. The number of hydrogen-bond acceptors (Lipinski definition) is 6. The molecule has 1 aromatic heterocycles. The van der Waals surface area contributed by atoms with Crippen molar-refractivity contribution in [1.29, 1.82) is 0 Å². The van der Waals surface area contributed by atoms with E-state index in [9.17, 15) is 4.79 Å². The van der Waals surface area contributed by atoms with Crippen LogP contribution in [0, 0.1) is 0 Å². The third-order valence-electron chi connectivity index (χ3n) is 6.05. The highest BCUT2D eigenvalue weighted by Crippen LogP contribution is 2.33. The van der Waals surface area contributed by atoms with E-state index in [-0.39, 0.29) is 5.91 Å². The van der Waals surface area contributed by atoms with Crippen LogP contribution in [0.2, 0.25) is 0 Å². The number of ether oxygens (including phenoxy) is 2. The summed E-state index contributed by atoms with van der Waals surface area (Å²) < 4.78 is 10.9. The standard InChI is InChI=1S/C25H27N3O3S/c1-17(2)19-4-6-20(7-5-19)24-26-21(15-32-24)25(29)28-11-9-27(10-12-28)14-18-3-8-22-23(13-18)31-16-30-22/h3-8,13,15,17H,9-12,14,16H2,1-2H3. The molecule has 1 saturated heterocycles. The van der Waals surface area contributed by atoms with Gasteiger partial charge in [-0.2, -0.15) is 0 Å². The zero-order valence-electron chi connectivity index (χ0n) is 18.4. The van der Waals surface area contributed by atoms with E-state index in [0.29, 0.717) is 31.5 Å². The Bertz CT molecular complexity index is 1100. The summed E-state index contributed by atoms with van der Waals surface area (Å²) in [6.45, 7) is 8.60. The van der Waals surface area contributed by atoms with Crippen molar-refractivity contribution in [3.8, 4) is 22.1 Å². The number of carbonyl (C=O) groups is 1. The average Bonchev–Trinajstić information content (AvgIpc) is 3.49. The molecule has 1 amide bonds. The van der Waals surface area contributed by atoms with E-state index >= 15 is 0 Å². The SMILES string of the molecule is CC(C)c1ccc(-c2nc(C(=O)N3CCN(Cc4ccc5c(c4)OCO5)CC3)cs2)cc1. The first-order valence-corrected chi connectivity index (χ1v) is 11.9. The van der Waals surface area contributed by atoms with Crippen molar-refractivity contribution in [3.63, 3.8) is 0 Å². The monoisotopic (exact) mass is 449 g/mol. The van der Waals surface area contributed by atoms with Gasteiger partial charge in [0.05, 0.1) is 0 Å². The number of nitrogens with zero attached hydrogens (tertiary/aromatic N) is 3. The molecule has 2 aliphatic rings. The Labute approximate surface area is 192 Å². The Balaban J connectivity index is 1.18. The van der Waals surface area contributed by atoms with Gasteiger partial charge in [0.15, 0.2) is 11.5 Å². The van der Waals surface area contributed by atoms with Gasteiger partial charge in [-0.15, -0.1) is 11.3 Å². The van der Waals surface area contributed by atoms with Gasteiger partial charge in [0, 0.05) is 43.7 Å². The van der Waals surface area contributed by atoms with Gasteiger partial charge in [0.2, 0.25) is 6.79 Å². The number of piperazine rings is 1. The molecule has 0 N–H and O–H groups in total. The van der Waals surface area contributed by atoms with Crippen LogP contribution in [0.25, 0.3) is 10.6 Å². The lowest BCUT2D eigenvalue weighted by atomic mass is 10.0. The molecule has 0 aliphatic carbocycles. The predicted octanol–water partition coefficient (Wildman–Crippen LogP) is 4.62. The molecule has 0 atom stereocenters. The van der Waals surface area contributed by atoms with Crippen LogP contribution >= 0.6 is 11.3 Å². The van der Waals surface area contributed by atoms with Crippen molar-refractivity contribution < 1.29 is 14.3 Å². The Morgan fingerprint density at radius 2 is 1.78 bits per heavy atom. The van der Waals surface area contributed by atoms with Gasteiger partial charge in [-0.3, -0.25) is 9.69 Å². The number of benzene rings is 2. The second-order valence-corrected chi connectivity index (χ2v) is 9.43. The minimum Gasteiger partial charge on any atom is -0.454 e. The molecule has 2 aliphatic heterocycles. The van der Waals surface area contributed by atoms with Gasteiger partial charge in [-0.1, -0.05) is 44.2 Å². The van der Waals surface area contributed by atoms with E-state index in [1.54, 1.807) is 0 Å². The third-order valence-corrected chi connectivity index (χ3v) is 6.94. The molecule has 0 bridgehead atoms. The number of amides is 1. The first kappa shape index (κ1) is 21.0. The number of hydrogen-bond donors (Lipinski definition) is 0. The lowest BCUT2D eigenvalue weighted by Gasteiger charge is -2.34. The van der Waals surface area contributed by atoms with E-state index in [4.69, 9.17) is 9.47 Å². The van der Waals surface area contributed by atoms with Crippen LogP contribution in [0.1, 0.15) is 41.4 Å². The molecule has 166 valence electrons. The summed E-state index contributed by atoms with van der Waals surface area (Å²) in [7, 11) is 0. The summed E-state index contributed by atoms with van der Waals surface area (Å²) in [5.74, 6) is 2.15. The number of carbonyl (C=O) groups excluding carboxylic acids is 1. The minimum atomic E-state index is 0.0223. The largest absolute Gasteiger partial charge is 0.454 e. The molecule has 0 saturated carbocycles. The van der Waals surface area contributed by atoms with E-state index in [1.165, 1.54) is 22.5 Å². The number of rotatable bonds is 5. The van der Waals surface area contributed by atoms with Crippen molar-refractivity contribution in [2.24, 2.45) is 0 Å². The lowest BCUT2D eigenvalue weighted by Crippen LogP contribution is -2.48. The van der Waals surface area contributed by atoms with Crippen molar-refractivity contribution in [2.45, 2.75) is 26.3 Å². The van der Waals surface area contributed by atoms with Crippen molar-refractivity contribution >= 4 is 17.2 Å². The average molecular weight is 450 g/mol. The van der Waals surface area contributed by atoms with E-state index in [2.05, 4.69) is 54.1 Å². The Hall–Kier alpha value is -2.90.